The lowest BCUT2D eigenvalue weighted by molar-refractivity contribution is -0.385. The Balaban J connectivity index is 1.88. The number of aryl methyl sites for hydroxylation is 2. The third-order valence-corrected chi connectivity index (χ3v) is 3.48. The predicted molar refractivity (Wildman–Crippen MR) is 86.8 cm³/mol. The van der Waals surface area contributed by atoms with Gasteiger partial charge >= 0.3 is 0 Å². The molecule has 0 aromatic heterocycles. The maximum absolute atomic E-state index is 12.0. The number of para-hydroxylation sites is 1. The smallest absolute Gasteiger partial charge is 0.282 e. The number of nitrogens with zero attached hydrogens (tertiary/aromatic N) is 1. The highest BCUT2D eigenvalue weighted by Gasteiger charge is 2.18. The first kappa shape index (κ1) is 16.5. The first-order valence-corrected chi connectivity index (χ1v) is 7.20. The molecule has 0 unspecified atom stereocenters. The van der Waals surface area contributed by atoms with Gasteiger partial charge in [-0.15, -0.1) is 0 Å². The zero-order valence-electron chi connectivity index (χ0n) is 13.0. The largest absolute Gasteiger partial charge is 0.492 e. The van der Waals surface area contributed by atoms with Crippen molar-refractivity contribution in [3.05, 3.63) is 69.3 Å². The summed E-state index contributed by atoms with van der Waals surface area (Å²) in [4.78, 5) is 22.3. The number of carbonyl (C=O) groups excluding carboxylic acids is 1. The Bertz CT molecular complexity index is 728. The average Bonchev–Trinajstić information content (AvgIpc) is 2.54. The van der Waals surface area contributed by atoms with Crippen LogP contribution in [-0.2, 0) is 0 Å². The monoisotopic (exact) mass is 314 g/mol. The Labute approximate surface area is 134 Å². The van der Waals surface area contributed by atoms with Gasteiger partial charge in [-0.25, -0.2) is 0 Å². The first-order valence-electron chi connectivity index (χ1n) is 7.20. The molecule has 0 aliphatic rings. The number of hydrogen-bond donors (Lipinski definition) is 1. The van der Waals surface area contributed by atoms with Crippen LogP contribution >= 0.6 is 0 Å². The molecule has 0 radical (unpaired) electrons. The highest BCUT2D eigenvalue weighted by atomic mass is 16.6. The SMILES string of the molecule is Cc1ccc(OCCNC(=O)c2ccccc2[N+](=O)[O-])cc1C. The van der Waals surface area contributed by atoms with Crippen LogP contribution in [0.15, 0.2) is 42.5 Å². The van der Waals surface area contributed by atoms with E-state index in [1.165, 1.54) is 23.8 Å². The van der Waals surface area contributed by atoms with Crippen molar-refractivity contribution in [2.75, 3.05) is 13.2 Å². The lowest BCUT2D eigenvalue weighted by Gasteiger charge is -2.09. The summed E-state index contributed by atoms with van der Waals surface area (Å²) < 4.78 is 5.56. The molecule has 0 heterocycles. The standard InChI is InChI=1S/C17H18N2O4/c1-12-7-8-14(11-13(12)2)23-10-9-18-17(20)15-5-3-4-6-16(15)19(21)22/h3-8,11H,9-10H2,1-2H3,(H,18,20). The summed E-state index contributed by atoms with van der Waals surface area (Å²) in [6.45, 7) is 4.57. The number of carbonyl (C=O) groups is 1. The van der Waals surface area contributed by atoms with Crippen molar-refractivity contribution in [2.45, 2.75) is 13.8 Å². The van der Waals surface area contributed by atoms with Crippen LogP contribution < -0.4 is 10.1 Å². The van der Waals surface area contributed by atoms with Crippen LogP contribution in [0.1, 0.15) is 21.5 Å². The van der Waals surface area contributed by atoms with Gasteiger partial charge in [-0.05, 0) is 43.2 Å². The molecule has 0 bridgehead atoms. The number of nitro benzene ring substituents is 1. The molecular weight excluding hydrogens is 296 g/mol. The van der Waals surface area contributed by atoms with E-state index in [-0.39, 0.29) is 24.4 Å². The van der Waals surface area contributed by atoms with Gasteiger partial charge in [0.05, 0.1) is 11.5 Å². The summed E-state index contributed by atoms with van der Waals surface area (Å²) in [6, 6.07) is 11.6. The van der Waals surface area contributed by atoms with Crippen molar-refractivity contribution in [1.82, 2.24) is 5.32 Å². The Morgan fingerprint density at radius 3 is 2.61 bits per heavy atom. The molecule has 0 atom stereocenters. The number of amides is 1. The molecule has 23 heavy (non-hydrogen) atoms. The maximum atomic E-state index is 12.0. The zero-order chi connectivity index (χ0) is 16.8. The number of benzene rings is 2. The number of rotatable bonds is 6. The van der Waals surface area contributed by atoms with Crippen molar-refractivity contribution in [3.63, 3.8) is 0 Å². The third kappa shape index (κ3) is 4.29. The molecule has 0 saturated carbocycles. The van der Waals surface area contributed by atoms with E-state index in [1.54, 1.807) is 6.07 Å². The highest BCUT2D eigenvalue weighted by Crippen LogP contribution is 2.18. The van der Waals surface area contributed by atoms with Gasteiger partial charge in [0.25, 0.3) is 11.6 Å². The minimum atomic E-state index is -0.569. The summed E-state index contributed by atoms with van der Waals surface area (Å²) in [6.07, 6.45) is 0. The van der Waals surface area contributed by atoms with E-state index in [0.29, 0.717) is 0 Å². The molecule has 6 nitrogen and oxygen atoms in total. The molecule has 0 aliphatic heterocycles. The van der Waals surface area contributed by atoms with Crippen molar-refractivity contribution in [1.29, 1.82) is 0 Å². The van der Waals surface area contributed by atoms with Crippen molar-refractivity contribution in [3.8, 4) is 5.75 Å². The van der Waals surface area contributed by atoms with Crippen molar-refractivity contribution >= 4 is 11.6 Å². The van der Waals surface area contributed by atoms with Crippen molar-refractivity contribution in [2.24, 2.45) is 0 Å². The van der Waals surface area contributed by atoms with Gasteiger partial charge in [0.1, 0.15) is 17.9 Å². The molecule has 2 aromatic rings. The number of nitrogens with one attached hydrogen (secondary N) is 1. The van der Waals surface area contributed by atoms with Gasteiger partial charge in [0, 0.05) is 6.07 Å². The Morgan fingerprint density at radius 2 is 1.91 bits per heavy atom. The van der Waals surface area contributed by atoms with Crippen LogP contribution in [0.25, 0.3) is 0 Å². The Kier molecular flexibility index (Phi) is 5.30. The highest BCUT2D eigenvalue weighted by molar-refractivity contribution is 5.98. The van der Waals surface area contributed by atoms with Crippen LogP contribution in [0.4, 0.5) is 5.69 Å². The fourth-order valence-electron chi connectivity index (χ4n) is 2.06. The minimum Gasteiger partial charge on any atom is -0.492 e. The lowest BCUT2D eigenvalue weighted by Crippen LogP contribution is -2.28. The molecular formula is C17H18N2O4. The van der Waals surface area contributed by atoms with E-state index in [1.807, 2.05) is 32.0 Å². The third-order valence-electron chi connectivity index (χ3n) is 3.48. The average molecular weight is 314 g/mol. The number of nitro groups is 1. The number of ether oxygens (including phenoxy) is 1. The molecule has 2 aromatic carbocycles. The summed E-state index contributed by atoms with van der Waals surface area (Å²) in [7, 11) is 0. The van der Waals surface area contributed by atoms with Gasteiger partial charge in [0.2, 0.25) is 0 Å². The molecule has 1 amide bonds. The molecule has 2 rings (SSSR count). The van der Waals surface area contributed by atoms with Crippen LogP contribution in [0.3, 0.4) is 0 Å². The van der Waals surface area contributed by atoms with Gasteiger partial charge in [-0.1, -0.05) is 18.2 Å². The van der Waals surface area contributed by atoms with E-state index >= 15 is 0 Å². The van der Waals surface area contributed by atoms with E-state index in [9.17, 15) is 14.9 Å². The van der Waals surface area contributed by atoms with E-state index in [4.69, 9.17) is 4.74 Å². The van der Waals surface area contributed by atoms with Crippen LogP contribution in [0.5, 0.6) is 5.75 Å². The molecule has 1 N–H and O–H groups in total. The second-order valence-electron chi connectivity index (χ2n) is 5.12. The number of hydrogen-bond acceptors (Lipinski definition) is 4. The van der Waals surface area contributed by atoms with Gasteiger partial charge in [0.15, 0.2) is 0 Å². The summed E-state index contributed by atoms with van der Waals surface area (Å²) >= 11 is 0. The molecule has 6 heteroatoms. The quantitative estimate of drug-likeness (QED) is 0.505. The summed E-state index contributed by atoms with van der Waals surface area (Å²) in [5.74, 6) is 0.244. The van der Waals surface area contributed by atoms with Crippen molar-refractivity contribution < 1.29 is 14.5 Å². The molecule has 0 spiro atoms. The molecule has 0 aliphatic carbocycles. The van der Waals surface area contributed by atoms with E-state index in [2.05, 4.69) is 5.32 Å². The minimum absolute atomic E-state index is 0.0451. The summed E-state index contributed by atoms with van der Waals surface area (Å²) in [5, 5.41) is 13.5. The topological polar surface area (TPSA) is 81.5 Å². The summed E-state index contributed by atoms with van der Waals surface area (Å²) in [5.41, 5.74) is 2.15. The van der Waals surface area contributed by atoms with E-state index < -0.39 is 10.8 Å². The second-order valence-corrected chi connectivity index (χ2v) is 5.12. The maximum Gasteiger partial charge on any atom is 0.282 e. The molecule has 120 valence electrons. The van der Waals surface area contributed by atoms with Crippen LogP contribution in [-0.4, -0.2) is 24.0 Å². The Morgan fingerprint density at radius 1 is 1.17 bits per heavy atom. The van der Waals surface area contributed by atoms with Crippen LogP contribution in [0.2, 0.25) is 0 Å². The lowest BCUT2D eigenvalue weighted by atomic mass is 10.1. The fourth-order valence-corrected chi connectivity index (χ4v) is 2.06. The normalized spacial score (nSPS) is 10.2. The van der Waals surface area contributed by atoms with Gasteiger partial charge in [-0.2, -0.15) is 0 Å². The van der Waals surface area contributed by atoms with E-state index in [0.717, 1.165) is 11.3 Å². The zero-order valence-corrected chi connectivity index (χ0v) is 13.0. The van der Waals surface area contributed by atoms with Gasteiger partial charge in [-0.3, -0.25) is 14.9 Å². The first-order chi connectivity index (χ1) is 11.0. The molecule has 0 saturated heterocycles. The Hall–Kier alpha value is -2.89. The predicted octanol–water partition coefficient (Wildman–Crippen LogP) is 3.02. The van der Waals surface area contributed by atoms with Gasteiger partial charge < -0.3 is 10.1 Å². The second kappa shape index (κ2) is 7.40. The molecule has 0 fully saturated rings. The fraction of sp³-hybridized carbons (Fsp3) is 0.235. The van der Waals surface area contributed by atoms with Crippen LogP contribution in [0, 0.1) is 24.0 Å².